The van der Waals surface area contributed by atoms with Gasteiger partial charge in [0.15, 0.2) is 0 Å². The molecule has 14 nitrogen and oxygen atoms in total. The summed E-state index contributed by atoms with van der Waals surface area (Å²) in [5.41, 5.74) is 6.56. The molecule has 7 N–H and O–H groups in total. The number of piperidine rings is 1. The van der Waals surface area contributed by atoms with Gasteiger partial charge in [0.05, 0.1) is 6.26 Å². The van der Waals surface area contributed by atoms with E-state index in [1.807, 2.05) is 0 Å². The first kappa shape index (κ1) is 32.2. The largest absolute Gasteiger partial charge is 0.481 e. The second-order valence-corrected chi connectivity index (χ2v) is 11.3. The third kappa shape index (κ3) is 10.6. The molecule has 1 aliphatic heterocycles. The Morgan fingerprint density at radius 1 is 1.15 bits per heavy atom. The van der Waals surface area contributed by atoms with E-state index in [-0.39, 0.29) is 44.4 Å². The van der Waals surface area contributed by atoms with Crippen LogP contribution >= 0.6 is 0 Å². The summed E-state index contributed by atoms with van der Waals surface area (Å²) in [7, 11) is -3.35. The topological polar surface area (TPSA) is 221 Å². The van der Waals surface area contributed by atoms with Gasteiger partial charge in [-0.25, -0.2) is 17.5 Å². The van der Waals surface area contributed by atoms with Crippen LogP contribution in [-0.2, 0) is 35.6 Å². The fourth-order valence-corrected chi connectivity index (χ4v) is 4.90. The number of nitrogens with one attached hydrogen (secondary N) is 4. The minimum absolute atomic E-state index is 0.00950. The molecule has 2 rings (SSSR count). The average Bonchev–Trinajstić information content (AvgIpc) is 2.89. The van der Waals surface area contributed by atoms with Gasteiger partial charge in [-0.1, -0.05) is 36.9 Å². The Bertz CT molecular complexity index is 1200. The van der Waals surface area contributed by atoms with Crippen molar-refractivity contribution in [2.45, 2.75) is 50.2 Å². The summed E-state index contributed by atoms with van der Waals surface area (Å²) in [6.07, 6.45) is 1.64. The van der Waals surface area contributed by atoms with Crippen LogP contribution in [0.1, 0.15) is 36.8 Å². The monoisotopic (exact) mass is 580 g/mol. The number of carboxylic acids is 1. The number of aliphatic carboxylic acids is 1. The SMILES string of the molecule is C=CCOC(=O)NC(Cc1ccc(C(=N)N)cc1)C(=O)NC(CCC(=O)O)C(=O)NC1CCN(S(C)(=O)=O)CC1. The summed E-state index contributed by atoms with van der Waals surface area (Å²) in [5, 5.41) is 24.4. The van der Waals surface area contributed by atoms with Crippen LogP contribution in [0, 0.1) is 5.41 Å². The molecule has 1 heterocycles. The van der Waals surface area contributed by atoms with Gasteiger partial charge in [0.25, 0.3) is 0 Å². The molecule has 1 aliphatic rings. The van der Waals surface area contributed by atoms with Gasteiger partial charge in [-0.15, -0.1) is 0 Å². The van der Waals surface area contributed by atoms with Crippen LogP contribution in [0.25, 0.3) is 0 Å². The molecule has 2 atom stereocenters. The van der Waals surface area contributed by atoms with Crippen molar-refractivity contribution in [2.75, 3.05) is 26.0 Å². The second-order valence-electron chi connectivity index (χ2n) is 9.34. The van der Waals surface area contributed by atoms with Crippen LogP contribution in [0.5, 0.6) is 0 Å². The molecule has 0 spiro atoms. The normalized spacial score (nSPS) is 15.7. The number of ether oxygens (including phenoxy) is 1. The summed E-state index contributed by atoms with van der Waals surface area (Å²) in [6, 6.07) is 3.64. The molecular weight excluding hydrogens is 544 g/mol. The number of amides is 3. The van der Waals surface area contributed by atoms with E-state index in [2.05, 4.69) is 22.5 Å². The van der Waals surface area contributed by atoms with Crippen molar-refractivity contribution in [1.82, 2.24) is 20.3 Å². The highest BCUT2D eigenvalue weighted by molar-refractivity contribution is 7.88. The number of sulfonamides is 1. The number of amidine groups is 1. The number of hydrogen-bond donors (Lipinski definition) is 6. The minimum atomic E-state index is -3.35. The molecule has 0 bridgehead atoms. The average molecular weight is 581 g/mol. The van der Waals surface area contributed by atoms with E-state index in [0.717, 1.165) is 6.26 Å². The number of hydrogen-bond acceptors (Lipinski definition) is 8. The molecule has 0 radical (unpaired) electrons. The van der Waals surface area contributed by atoms with E-state index in [1.54, 1.807) is 24.3 Å². The number of carboxylic acid groups (broad SMARTS) is 1. The summed E-state index contributed by atoms with van der Waals surface area (Å²) in [6.45, 7) is 3.79. The number of benzene rings is 1. The number of carbonyl (C=O) groups excluding carboxylic acids is 3. The van der Waals surface area contributed by atoms with Crippen LogP contribution in [0.3, 0.4) is 0 Å². The van der Waals surface area contributed by atoms with Crippen LogP contribution in [-0.4, -0.2) is 91.6 Å². The van der Waals surface area contributed by atoms with Gasteiger partial charge in [-0.05, 0) is 24.8 Å². The Balaban J connectivity index is 2.16. The molecule has 3 amide bonds. The summed E-state index contributed by atoms with van der Waals surface area (Å²) < 4.78 is 29.7. The zero-order valence-electron chi connectivity index (χ0n) is 22.2. The lowest BCUT2D eigenvalue weighted by atomic mass is 10.0. The molecule has 1 saturated heterocycles. The van der Waals surface area contributed by atoms with Crippen LogP contribution in [0.2, 0.25) is 0 Å². The van der Waals surface area contributed by atoms with Gasteiger partial charge < -0.3 is 31.5 Å². The summed E-state index contributed by atoms with van der Waals surface area (Å²) >= 11 is 0. The van der Waals surface area contributed by atoms with Crippen molar-refractivity contribution in [3.63, 3.8) is 0 Å². The second kappa shape index (κ2) is 15.0. The number of nitrogen functional groups attached to an aromatic ring is 1. The molecule has 1 aromatic rings. The van der Waals surface area contributed by atoms with Gasteiger partial charge in [-0.2, -0.15) is 0 Å². The Morgan fingerprint density at radius 2 is 1.77 bits per heavy atom. The Morgan fingerprint density at radius 3 is 2.30 bits per heavy atom. The molecule has 0 aromatic heterocycles. The first-order valence-corrected chi connectivity index (χ1v) is 14.4. The zero-order valence-corrected chi connectivity index (χ0v) is 23.0. The van der Waals surface area contributed by atoms with Gasteiger partial charge in [0.1, 0.15) is 24.5 Å². The first-order valence-electron chi connectivity index (χ1n) is 12.5. The smallest absolute Gasteiger partial charge is 0.408 e. The first-order chi connectivity index (χ1) is 18.8. The standard InChI is InChI=1S/C25H36N6O8S/c1-3-14-39-25(36)30-20(15-16-4-6-17(7-5-16)22(26)27)24(35)29-19(8-9-21(32)33)23(34)28-18-10-12-31(13-11-18)40(2,37)38/h3-7,18-20H,1,8-15H2,2H3,(H3,26,27)(H,28,34)(H,29,35)(H,30,36)(H,32,33). The molecule has 2 unspecified atom stereocenters. The Hall–Kier alpha value is -3.98. The molecule has 1 aromatic carbocycles. The van der Waals surface area contributed by atoms with Crippen LogP contribution < -0.4 is 21.7 Å². The van der Waals surface area contributed by atoms with Crippen molar-refractivity contribution >= 4 is 39.7 Å². The third-order valence-electron chi connectivity index (χ3n) is 6.19. The van der Waals surface area contributed by atoms with Crippen molar-refractivity contribution in [3.8, 4) is 0 Å². The van der Waals surface area contributed by atoms with Crippen molar-refractivity contribution in [3.05, 3.63) is 48.0 Å². The van der Waals surface area contributed by atoms with Crippen molar-refractivity contribution < 1.29 is 37.4 Å². The fraction of sp³-hybridized carbons (Fsp3) is 0.480. The van der Waals surface area contributed by atoms with Crippen molar-refractivity contribution in [1.29, 1.82) is 5.41 Å². The maximum atomic E-state index is 13.3. The van der Waals surface area contributed by atoms with Crippen LogP contribution in [0.15, 0.2) is 36.9 Å². The van der Waals surface area contributed by atoms with Gasteiger partial charge in [0.2, 0.25) is 21.8 Å². The van der Waals surface area contributed by atoms with Gasteiger partial charge >= 0.3 is 12.1 Å². The third-order valence-corrected chi connectivity index (χ3v) is 7.50. The molecule has 15 heteroatoms. The van der Waals surface area contributed by atoms with Gasteiger partial charge in [-0.3, -0.25) is 19.8 Å². The minimum Gasteiger partial charge on any atom is -0.481 e. The number of rotatable bonds is 14. The Labute approximate surface area is 232 Å². The van der Waals surface area contributed by atoms with E-state index in [1.165, 1.54) is 10.4 Å². The fourth-order valence-electron chi connectivity index (χ4n) is 4.03. The number of nitrogens with zero attached hydrogens (tertiary/aromatic N) is 1. The van der Waals surface area contributed by atoms with Crippen LogP contribution in [0.4, 0.5) is 4.79 Å². The number of carbonyl (C=O) groups is 4. The maximum Gasteiger partial charge on any atom is 0.408 e. The molecule has 0 saturated carbocycles. The predicted octanol–water partition coefficient (Wildman–Crippen LogP) is -0.316. The van der Waals surface area contributed by atoms with Crippen molar-refractivity contribution in [2.24, 2.45) is 5.73 Å². The Kier molecular flexibility index (Phi) is 12.1. The zero-order chi connectivity index (χ0) is 29.9. The van der Waals surface area contributed by atoms with E-state index >= 15 is 0 Å². The maximum absolute atomic E-state index is 13.3. The van der Waals surface area contributed by atoms with E-state index in [9.17, 15) is 27.6 Å². The quantitative estimate of drug-likeness (QED) is 0.0963. The van der Waals surface area contributed by atoms with E-state index in [4.69, 9.17) is 21.0 Å². The highest BCUT2D eigenvalue weighted by atomic mass is 32.2. The highest BCUT2D eigenvalue weighted by Crippen LogP contribution is 2.14. The lowest BCUT2D eigenvalue weighted by Gasteiger charge is -2.32. The van der Waals surface area contributed by atoms with E-state index < -0.39 is 52.4 Å². The predicted molar refractivity (Wildman–Crippen MR) is 146 cm³/mol. The number of nitrogens with two attached hydrogens (primary N) is 1. The lowest BCUT2D eigenvalue weighted by Crippen LogP contribution is -2.56. The summed E-state index contributed by atoms with van der Waals surface area (Å²) in [4.78, 5) is 49.8. The van der Waals surface area contributed by atoms with Gasteiger partial charge in [0, 0.05) is 37.5 Å². The molecular formula is C25H36N6O8S. The molecule has 220 valence electrons. The highest BCUT2D eigenvalue weighted by Gasteiger charge is 2.31. The molecule has 0 aliphatic carbocycles. The molecule has 1 fully saturated rings. The molecule has 40 heavy (non-hydrogen) atoms. The lowest BCUT2D eigenvalue weighted by molar-refractivity contribution is -0.138. The van der Waals surface area contributed by atoms with E-state index in [0.29, 0.717) is 24.0 Å². The number of alkyl carbamates (subject to hydrolysis) is 1. The summed E-state index contributed by atoms with van der Waals surface area (Å²) in [5.74, 6) is -2.67.